The Kier molecular flexibility index (Phi) is 3.86. The number of halogens is 3. The van der Waals surface area contributed by atoms with Gasteiger partial charge in [-0.1, -0.05) is 19.3 Å². The third-order valence-electron chi connectivity index (χ3n) is 3.92. The molecule has 0 spiro atoms. The number of rotatable bonds is 3. The summed E-state index contributed by atoms with van der Waals surface area (Å²) in [6, 6.07) is 2.39. The Morgan fingerprint density at radius 2 is 1.81 bits per heavy atom. The molecular weight excluding hydrogens is 279 g/mol. The minimum atomic E-state index is -1.48. The predicted molar refractivity (Wildman–Crippen MR) is 73.9 cm³/mol. The minimum Gasteiger partial charge on any atom is -0.323 e. The van der Waals surface area contributed by atoms with E-state index in [4.69, 9.17) is 0 Å². The van der Waals surface area contributed by atoms with Crippen molar-refractivity contribution in [2.45, 2.75) is 38.1 Å². The van der Waals surface area contributed by atoms with Crippen molar-refractivity contribution in [3.8, 4) is 0 Å². The van der Waals surface area contributed by atoms with Crippen molar-refractivity contribution in [1.82, 2.24) is 9.55 Å². The van der Waals surface area contributed by atoms with Gasteiger partial charge in [-0.25, -0.2) is 18.2 Å². The van der Waals surface area contributed by atoms with E-state index in [1.165, 1.54) is 12.5 Å². The van der Waals surface area contributed by atoms with Gasteiger partial charge in [0.25, 0.3) is 0 Å². The summed E-state index contributed by atoms with van der Waals surface area (Å²) in [5, 5.41) is 2.76. The van der Waals surface area contributed by atoms with Gasteiger partial charge in [-0.15, -0.1) is 0 Å². The van der Waals surface area contributed by atoms with E-state index in [0.29, 0.717) is 12.0 Å². The Balaban J connectivity index is 1.86. The average Bonchev–Trinajstić information content (AvgIpc) is 2.97. The van der Waals surface area contributed by atoms with Crippen LogP contribution in [0.15, 0.2) is 24.5 Å². The van der Waals surface area contributed by atoms with Crippen LogP contribution in [0.2, 0.25) is 0 Å². The average molecular weight is 295 g/mol. The summed E-state index contributed by atoms with van der Waals surface area (Å²) in [6.07, 6.45) is 9.08. The van der Waals surface area contributed by atoms with Gasteiger partial charge in [0.05, 0.1) is 5.69 Å². The third-order valence-corrected chi connectivity index (χ3v) is 3.92. The Hall–Kier alpha value is -1.98. The van der Waals surface area contributed by atoms with E-state index >= 15 is 0 Å². The summed E-state index contributed by atoms with van der Waals surface area (Å²) in [4.78, 5) is 4.15. The maximum absolute atomic E-state index is 13.7. The lowest BCUT2D eigenvalue weighted by Gasteiger charge is -2.24. The predicted octanol–water partition coefficient (Wildman–Crippen LogP) is 4.55. The second-order valence-electron chi connectivity index (χ2n) is 5.30. The lowest BCUT2D eigenvalue weighted by atomic mass is 9.95. The van der Waals surface area contributed by atoms with Crippen LogP contribution in [-0.2, 0) is 0 Å². The Bertz CT molecular complexity index is 633. The zero-order chi connectivity index (χ0) is 14.8. The summed E-state index contributed by atoms with van der Waals surface area (Å²) < 4.78 is 41.9. The van der Waals surface area contributed by atoms with Gasteiger partial charge in [0.15, 0.2) is 17.5 Å². The van der Waals surface area contributed by atoms with Gasteiger partial charge >= 0.3 is 0 Å². The lowest BCUT2D eigenvalue weighted by molar-refractivity contribution is 0.356. The van der Waals surface area contributed by atoms with Crippen LogP contribution in [0.3, 0.4) is 0 Å². The topological polar surface area (TPSA) is 29.9 Å². The van der Waals surface area contributed by atoms with Crippen LogP contribution < -0.4 is 5.32 Å². The standard InChI is InChI=1S/C15H16F3N3/c16-11-6-7-12(14(18)13(11)17)20-15-19-8-9-21(15)10-4-2-1-3-5-10/h6-10H,1-5H2,(H,19,20). The fourth-order valence-corrected chi connectivity index (χ4v) is 2.81. The van der Waals surface area contributed by atoms with E-state index in [-0.39, 0.29) is 5.69 Å². The molecule has 1 N–H and O–H groups in total. The van der Waals surface area contributed by atoms with Crippen molar-refractivity contribution < 1.29 is 13.2 Å². The van der Waals surface area contributed by atoms with Gasteiger partial charge in [-0.3, -0.25) is 0 Å². The van der Waals surface area contributed by atoms with Crippen LogP contribution in [0.4, 0.5) is 24.8 Å². The summed E-state index contributed by atoms with van der Waals surface area (Å²) in [5.41, 5.74) is -0.114. The van der Waals surface area contributed by atoms with Crippen molar-refractivity contribution in [2.24, 2.45) is 0 Å². The molecule has 0 radical (unpaired) electrons. The largest absolute Gasteiger partial charge is 0.323 e. The smallest absolute Gasteiger partial charge is 0.207 e. The number of hydrogen-bond donors (Lipinski definition) is 1. The molecule has 112 valence electrons. The molecule has 1 aromatic heterocycles. The molecule has 0 bridgehead atoms. The number of aromatic nitrogens is 2. The van der Waals surface area contributed by atoms with E-state index in [2.05, 4.69) is 10.3 Å². The highest BCUT2D eigenvalue weighted by Gasteiger charge is 2.19. The van der Waals surface area contributed by atoms with Gasteiger partial charge in [0, 0.05) is 18.4 Å². The number of benzene rings is 1. The lowest BCUT2D eigenvalue weighted by Crippen LogP contribution is -2.14. The maximum atomic E-state index is 13.7. The molecule has 1 aromatic carbocycles. The van der Waals surface area contributed by atoms with Crippen LogP contribution in [-0.4, -0.2) is 9.55 Å². The van der Waals surface area contributed by atoms with Gasteiger partial charge < -0.3 is 9.88 Å². The first kappa shape index (κ1) is 14.0. The van der Waals surface area contributed by atoms with E-state index < -0.39 is 17.5 Å². The van der Waals surface area contributed by atoms with Crippen molar-refractivity contribution >= 4 is 11.6 Å². The molecule has 0 saturated heterocycles. The van der Waals surface area contributed by atoms with Gasteiger partial charge in [0.2, 0.25) is 5.95 Å². The maximum Gasteiger partial charge on any atom is 0.207 e. The number of nitrogens with one attached hydrogen (secondary N) is 1. The van der Waals surface area contributed by atoms with E-state index in [9.17, 15) is 13.2 Å². The van der Waals surface area contributed by atoms with Crippen molar-refractivity contribution in [3.05, 3.63) is 42.0 Å². The molecule has 1 fully saturated rings. The van der Waals surface area contributed by atoms with Crippen LogP contribution in [0, 0.1) is 17.5 Å². The highest BCUT2D eigenvalue weighted by molar-refractivity contribution is 5.54. The monoisotopic (exact) mass is 295 g/mol. The Morgan fingerprint density at radius 1 is 1.05 bits per heavy atom. The normalized spacial score (nSPS) is 16.1. The number of nitrogens with zero attached hydrogens (tertiary/aromatic N) is 2. The van der Waals surface area contributed by atoms with E-state index in [1.807, 2.05) is 10.8 Å². The number of hydrogen-bond acceptors (Lipinski definition) is 2. The molecule has 1 saturated carbocycles. The SMILES string of the molecule is Fc1ccc(Nc2nccn2C2CCCCC2)c(F)c1F. The van der Waals surface area contributed by atoms with Crippen LogP contribution in [0.25, 0.3) is 0 Å². The fourth-order valence-electron chi connectivity index (χ4n) is 2.81. The molecule has 3 rings (SSSR count). The molecule has 0 atom stereocenters. The van der Waals surface area contributed by atoms with Crippen molar-refractivity contribution in [1.29, 1.82) is 0 Å². The second-order valence-corrected chi connectivity index (χ2v) is 5.30. The molecular formula is C15H16F3N3. The van der Waals surface area contributed by atoms with Crippen molar-refractivity contribution in [3.63, 3.8) is 0 Å². The first-order valence-electron chi connectivity index (χ1n) is 7.10. The highest BCUT2D eigenvalue weighted by atomic mass is 19.2. The molecule has 0 aliphatic heterocycles. The number of anilines is 2. The highest BCUT2D eigenvalue weighted by Crippen LogP contribution is 2.31. The summed E-state index contributed by atoms with van der Waals surface area (Å²) in [5.74, 6) is -3.45. The Morgan fingerprint density at radius 3 is 2.57 bits per heavy atom. The zero-order valence-electron chi connectivity index (χ0n) is 11.5. The summed E-state index contributed by atoms with van der Waals surface area (Å²) >= 11 is 0. The third kappa shape index (κ3) is 2.75. The second kappa shape index (κ2) is 5.79. The van der Waals surface area contributed by atoms with Gasteiger partial charge in [-0.2, -0.15) is 0 Å². The first-order valence-corrected chi connectivity index (χ1v) is 7.10. The minimum absolute atomic E-state index is 0.114. The fraction of sp³-hybridized carbons (Fsp3) is 0.400. The molecule has 1 aliphatic carbocycles. The van der Waals surface area contributed by atoms with Gasteiger partial charge in [0.1, 0.15) is 0 Å². The Labute approximate surface area is 120 Å². The van der Waals surface area contributed by atoms with Crippen LogP contribution >= 0.6 is 0 Å². The van der Waals surface area contributed by atoms with E-state index in [0.717, 1.165) is 31.7 Å². The van der Waals surface area contributed by atoms with E-state index in [1.54, 1.807) is 6.20 Å². The van der Waals surface area contributed by atoms with Crippen molar-refractivity contribution in [2.75, 3.05) is 5.32 Å². The molecule has 2 aromatic rings. The molecule has 1 aliphatic rings. The molecule has 1 heterocycles. The summed E-state index contributed by atoms with van der Waals surface area (Å²) in [7, 11) is 0. The molecule has 6 heteroatoms. The molecule has 3 nitrogen and oxygen atoms in total. The first-order chi connectivity index (χ1) is 10.2. The number of imidazole rings is 1. The molecule has 0 unspecified atom stereocenters. The quantitative estimate of drug-likeness (QED) is 0.842. The van der Waals surface area contributed by atoms with Crippen LogP contribution in [0.5, 0.6) is 0 Å². The van der Waals surface area contributed by atoms with Crippen LogP contribution in [0.1, 0.15) is 38.1 Å². The summed E-state index contributed by atoms with van der Waals surface area (Å²) in [6.45, 7) is 0. The molecule has 0 amide bonds. The molecule has 21 heavy (non-hydrogen) atoms. The zero-order valence-corrected chi connectivity index (χ0v) is 11.5. The van der Waals surface area contributed by atoms with Gasteiger partial charge in [-0.05, 0) is 25.0 Å².